The maximum Gasteiger partial charge on any atom is 0.344 e. The number of allylic oxidation sites excluding steroid dienone is 1. The molecule has 1 amide bonds. The molecule has 0 heterocycles. The number of nitriles is 1. The third-order valence-electron chi connectivity index (χ3n) is 3.78. The number of hydrogen-bond acceptors (Lipinski definition) is 6. The molecule has 0 unspecified atom stereocenters. The molecular formula is C22H22N2O5. The van der Waals surface area contributed by atoms with E-state index in [1.54, 1.807) is 36.4 Å². The summed E-state index contributed by atoms with van der Waals surface area (Å²) >= 11 is 0. The Labute approximate surface area is 169 Å². The second-order valence-electron chi connectivity index (χ2n) is 5.94. The van der Waals surface area contributed by atoms with Crippen LogP contribution in [0, 0.1) is 11.3 Å². The number of nitrogens with zero attached hydrogens (tertiary/aromatic N) is 1. The number of esters is 1. The summed E-state index contributed by atoms with van der Waals surface area (Å²) in [6.07, 6.45) is 4.11. The van der Waals surface area contributed by atoms with E-state index in [1.807, 2.05) is 31.2 Å². The summed E-state index contributed by atoms with van der Waals surface area (Å²) in [5, 5.41) is 11.3. The molecule has 0 radical (unpaired) electrons. The highest BCUT2D eigenvalue weighted by Crippen LogP contribution is 2.28. The van der Waals surface area contributed by atoms with Crippen LogP contribution in [-0.4, -0.2) is 32.2 Å². The van der Waals surface area contributed by atoms with Gasteiger partial charge in [0.05, 0.1) is 19.6 Å². The maximum absolute atomic E-state index is 11.9. The first kappa shape index (κ1) is 21.5. The van der Waals surface area contributed by atoms with E-state index >= 15 is 0 Å². The molecule has 0 spiro atoms. The van der Waals surface area contributed by atoms with Crippen molar-refractivity contribution in [1.82, 2.24) is 0 Å². The molecule has 0 aliphatic rings. The summed E-state index contributed by atoms with van der Waals surface area (Å²) < 4.78 is 15.6. The monoisotopic (exact) mass is 394 g/mol. The first-order valence-electron chi connectivity index (χ1n) is 8.90. The number of amides is 1. The number of anilines is 1. The van der Waals surface area contributed by atoms with Crippen LogP contribution >= 0.6 is 0 Å². The number of carbonyl (C=O) groups excluding carboxylic acids is 2. The zero-order valence-corrected chi connectivity index (χ0v) is 16.3. The molecule has 0 aromatic heterocycles. The Hall–Kier alpha value is -3.79. The van der Waals surface area contributed by atoms with Crippen LogP contribution in [0.3, 0.4) is 0 Å². The molecule has 0 atom stereocenters. The van der Waals surface area contributed by atoms with E-state index in [-0.39, 0.29) is 6.61 Å². The topological polar surface area (TPSA) is 97.6 Å². The highest BCUT2D eigenvalue weighted by Gasteiger charge is 2.11. The minimum atomic E-state index is -0.677. The number of rotatable bonds is 9. The van der Waals surface area contributed by atoms with Gasteiger partial charge < -0.3 is 19.5 Å². The largest absolute Gasteiger partial charge is 0.493 e. The second-order valence-corrected chi connectivity index (χ2v) is 5.94. The van der Waals surface area contributed by atoms with Gasteiger partial charge >= 0.3 is 5.97 Å². The Balaban J connectivity index is 1.79. The van der Waals surface area contributed by atoms with Gasteiger partial charge in [0.2, 0.25) is 0 Å². The smallest absolute Gasteiger partial charge is 0.344 e. The normalized spacial score (nSPS) is 10.2. The molecule has 150 valence electrons. The third kappa shape index (κ3) is 7.03. The molecule has 29 heavy (non-hydrogen) atoms. The number of hydrogen-bond donors (Lipinski definition) is 1. The average Bonchev–Trinajstić information content (AvgIpc) is 2.73. The van der Waals surface area contributed by atoms with Gasteiger partial charge in [0, 0.05) is 5.69 Å². The van der Waals surface area contributed by atoms with Crippen molar-refractivity contribution in [1.29, 1.82) is 5.26 Å². The van der Waals surface area contributed by atoms with E-state index in [2.05, 4.69) is 5.32 Å². The fourth-order valence-corrected chi connectivity index (χ4v) is 2.42. The van der Waals surface area contributed by atoms with E-state index < -0.39 is 18.5 Å². The first-order chi connectivity index (χ1) is 14.0. The van der Waals surface area contributed by atoms with Crippen LogP contribution in [0.1, 0.15) is 18.1 Å². The Kier molecular flexibility index (Phi) is 8.27. The quantitative estimate of drug-likeness (QED) is 0.655. The van der Waals surface area contributed by atoms with Gasteiger partial charge in [0.15, 0.2) is 24.7 Å². The molecule has 0 aliphatic carbocycles. The SMILES string of the molecule is C/C=C/c1ccc(OCC(=O)OCC(=O)Nc2ccc(CC#N)cc2)c(OC)c1. The zero-order chi connectivity index (χ0) is 21.1. The fourth-order valence-electron chi connectivity index (χ4n) is 2.42. The number of benzene rings is 2. The molecule has 2 aromatic carbocycles. The van der Waals surface area contributed by atoms with E-state index in [0.29, 0.717) is 23.6 Å². The van der Waals surface area contributed by atoms with Gasteiger partial charge in [-0.1, -0.05) is 30.4 Å². The zero-order valence-electron chi connectivity index (χ0n) is 16.3. The lowest BCUT2D eigenvalue weighted by Gasteiger charge is -2.11. The van der Waals surface area contributed by atoms with E-state index in [9.17, 15) is 9.59 Å². The van der Waals surface area contributed by atoms with E-state index in [0.717, 1.165) is 11.1 Å². The van der Waals surface area contributed by atoms with E-state index in [4.69, 9.17) is 19.5 Å². The van der Waals surface area contributed by atoms with Crippen LogP contribution in [-0.2, 0) is 20.7 Å². The van der Waals surface area contributed by atoms with Gasteiger partial charge in [-0.25, -0.2) is 4.79 Å². The highest BCUT2D eigenvalue weighted by atomic mass is 16.6. The molecule has 0 saturated carbocycles. The predicted molar refractivity (Wildman–Crippen MR) is 109 cm³/mol. The molecule has 2 aromatic rings. The molecule has 1 N–H and O–H groups in total. The van der Waals surface area contributed by atoms with Crippen LogP contribution in [0.25, 0.3) is 6.08 Å². The summed E-state index contributed by atoms with van der Waals surface area (Å²) in [6.45, 7) is 1.13. The summed E-state index contributed by atoms with van der Waals surface area (Å²) in [6, 6.07) is 14.2. The molecule has 2 rings (SSSR count). The van der Waals surface area contributed by atoms with Crippen molar-refractivity contribution in [3.8, 4) is 17.6 Å². The lowest BCUT2D eigenvalue weighted by molar-refractivity contribution is -0.149. The third-order valence-corrected chi connectivity index (χ3v) is 3.78. The van der Waals surface area contributed by atoms with Gasteiger partial charge in [-0.2, -0.15) is 5.26 Å². The average molecular weight is 394 g/mol. The second kappa shape index (κ2) is 11.1. The molecule has 0 aliphatic heterocycles. The van der Waals surface area contributed by atoms with Gasteiger partial charge in [-0.05, 0) is 42.3 Å². The minimum absolute atomic E-state index is 0.300. The van der Waals surface area contributed by atoms with Crippen molar-refractivity contribution in [2.75, 3.05) is 25.6 Å². The lowest BCUT2D eigenvalue weighted by Crippen LogP contribution is -2.23. The van der Waals surface area contributed by atoms with Gasteiger partial charge in [-0.3, -0.25) is 4.79 Å². The fraction of sp³-hybridized carbons (Fsp3) is 0.227. The first-order valence-corrected chi connectivity index (χ1v) is 8.90. The standard InChI is InChI=1S/C22H22N2O5/c1-3-4-17-7-10-19(20(13-17)27-2)28-15-22(26)29-14-21(25)24-18-8-5-16(6-9-18)11-12-23/h3-10,13H,11,14-15H2,1-2H3,(H,24,25)/b4-3+. The summed E-state index contributed by atoms with van der Waals surface area (Å²) in [7, 11) is 1.51. The highest BCUT2D eigenvalue weighted by molar-refractivity contribution is 5.92. The summed E-state index contributed by atoms with van der Waals surface area (Å²) in [5.41, 5.74) is 2.34. The Morgan fingerprint density at radius 2 is 1.86 bits per heavy atom. The number of carbonyl (C=O) groups is 2. The van der Waals surface area contributed by atoms with Crippen molar-refractivity contribution in [2.24, 2.45) is 0 Å². The Morgan fingerprint density at radius 1 is 1.10 bits per heavy atom. The predicted octanol–water partition coefficient (Wildman–Crippen LogP) is 3.36. The van der Waals surface area contributed by atoms with Crippen LogP contribution in [0.5, 0.6) is 11.5 Å². The van der Waals surface area contributed by atoms with Crippen LogP contribution in [0.4, 0.5) is 5.69 Å². The number of methoxy groups -OCH3 is 1. The molecular weight excluding hydrogens is 372 g/mol. The Morgan fingerprint density at radius 3 is 2.52 bits per heavy atom. The van der Waals surface area contributed by atoms with Crippen molar-refractivity contribution in [3.05, 3.63) is 59.7 Å². The van der Waals surface area contributed by atoms with Gasteiger partial charge in [0.25, 0.3) is 5.91 Å². The molecule has 0 fully saturated rings. The summed E-state index contributed by atoms with van der Waals surface area (Å²) in [4.78, 5) is 23.7. The van der Waals surface area contributed by atoms with Crippen molar-refractivity contribution in [2.45, 2.75) is 13.3 Å². The van der Waals surface area contributed by atoms with Gasteiger partial charge in [-0.15, -0.1) is 0 Å². The van der Waals surface area contributed by atoms with Gasteiger partial charge in [0.1, 0.15) is 0 Å². The molecule has 0 bridgehead atoms. The molecule has 0 saturated heterocycles. The minimum Gasteiger partial charge on any atom is -0.493 e. The van der Waals surface area contributed by atoms with Crippen molar-refractivity contribution < 1.29 is 23.8 Å². The lowest BCUT2D eigenvalue weighted by atomic mass is 10.1. The summed E-state index contributed by atoms with van der Waals surface area (Å²) in [5.74, 6) is -0.255. The number of nitrogens with one attached hydrogen (secondary N) is 1. The molecule has 7 nitrogen and oxygen atoms in total. The number of ether oxygens (including phenoxy) is 3. The maximum atomic E-state index is 11.9. The molecule has 7 heteroatoms. The van der Waals surface area contributed by atoms with Crippen molar-refractivity contribution in [3.63, 3.8) is 0 Å². The van der Waals surface area contributed by atoms with Crippen LogP contribution < -0.4 is 14.8 Å². The van der Waals surface area contributed by atoms with Crippen LogP contribution in [0.2, 0.25) is 0 Å². The van der Waals surface area contributed by atoms with Crippen LogP contribution in [0.15, 0.2) is 48.5 Å². The van der Waals surface area contributed by atoms with Crippen molar-refractivity contribution >= 4 is 23.6 Å². The van der Waals surface area contributed by atoms with E-state index in [1.165, 1.54) is 7.11 Å². The Bertz CT molecular complexity index is 914.